The molecule has 1 aliphatic carbocycles. The van der Waals surface area contributed by atoms with E-state index in [2.05, 4.69) is 4.74 Å². The van der Waals surface area contributed by atoms with E-state index in [1.165, 1.54) is 19.2 Å². The Morgan fingerprint density at radius 3 is 2.47 bits per heavy atom. The summed E-state index contributed by atoms with van der Waals surface area (Å²) in [5, 5.41) is 8.91. The number of carbonyl (C=O) groups excluding carboxylic acids is 1. The number of ether oxygens (including phenoxy) is 1. The zero-order valence-electron chi connectivity index (χ0n) is 8.70. The molecule has 0 aliphatic heterocycles. The number of alkyl halides is 2. The molecule has 1 unspecified atom stereocenters. The fourth-order valence-corrected chi connectivity index (χ4v) is 2.83. The Labute approximate surface area is 98.8 Å². The summed E-state index contributed by atoms with van der Waals surface area (Å²) in [6.45, 7) is 0. The van der Waals surface area contributed by atoms with Crippen LogP contribution in [0.4, 0.5) is 8.78 Å². The van der Waals surface area contributed by atoms with Gasteiger partial charge < -0.3 is 9.84 Å². The Morgan fingerprint density at radius 1 is 1.47 bits per heavy atom. The van der Waals surface area contributed by atoms with E-state index in [1.54, 1.807) is 0 Å². The predicted molar refractivity (Wildman–Crippen MR) is 54.5 cm³/mol. The third-order valence-electron chi connectivity index (χ3n) is 2.76. The number of rotatable bonds is 3. The molecule has 92 valence electrons. The first-order valence-electron chi connectivity index (χ1n) is 4.65. The van der Waals surface area contributed by atoms with Gasteiger partial charge in [-0.05, 0) is 12.1 Å². The van der Waals surface area contributed by atoms with Gasteiger partial charge in [-0.2, -0.15) is 0 Å². The molecule has 2 rings (SSSR count). The zero-order valence-corrected chi connectivity index (χ0v) is 9.51. The van der Waals surface area contributed by atoms with Gasteiger partial charge in [-0.1, -0.05) is 0 Å². The maximum atomic E-state index is 13.2. The van der Waals surface area contributed by atoms with Crippen molar-refractivity contribution in [2.45, 2.75) is 17.8 Å². The summed E-state index contributed by atoms with van der Waals surface area (Å²) in [5.41, 5.74) is -2.16. The van der Waals surface area contributed by atoms with Crippen LogP contribution in [0, 0.1) is 0 Å². The smallest absolute Gasteiger partial charge is 0.348 e. The standard InChI is InChI=1S/C10H8F2O4S/c1-16-7(13)5-2-3-6(17-5)9(8(14)15)4-10(9,11)12/h2-3H,4H2,1H3,(H,14,15). The zero-order chi connectivity index (χ0) is 12.8. The molecule has 17 heavy (non-hydrogen) atoms. The Hall–Kier alpha value is -1.50. The molecule has 0 spiro atoms. The molecule has 0 aromatic carbocycles. The lowest BCUT2D eigenvalue weighted by molar-refractivity contribution is -0.142. The first kappa shape index (κ1) is 12.0. The number of methoxy groups -OCH3 is 1. The molecule has 1 heterocycles. The largest absolute Gasteiger partial charge is 0.480 e. The molecular weight excluding hydrogens is 254 g/mol. The van der Waals surface area contributed by atoms with Gasteiger partial charge in [0.05, 0.1) is 7.11 Å². The fraction of sp³-hybridized carbons (Fsp3) is 0.400. The van der Waals surface area contributed by atoms with Gasteiger partial charge in [-0.3, -0.25) is 4.79 Å². The fourth-order valence-electron chi connectivity index (χ4n) is 1.67. The number of carboxylic acid groups (broad SMARTS) is 1. The van der Waals surface area contributed by atoms with Crippen LogP contribution in [0.3, 0.4) is 0 Å². The second-order valence-electron chi connectivity index (χ2n) is 3.75. The number of halogens is 2. The molecule has 0 amide bonds. The molecule has 0 saturated heterocycles. The molecule has 7 heteroatoms. The Balaban J connectivity index is 2.38. The maximum Gasteiger partial charge on any atom is 0.348 e. The van der Waals surface area contributed by atoms with Crippen molar-refractivity contribution in [2.75, 3.05) is 7.11 Å². The lowest BCUT2D eigenvalue weighted by Gasteiger charge is -2.07. The number of carboxylic acids is 1. The van der Waals surface area contributed by atoms with E-state index in [0.29, 0.717) is 0 Å². The van der Waals surface area contributed by atoms with Crippen molar-refractivity contribution >= 4 is 23.3 Å². The minimum absolute atomic E-state index is 0.0181. The molecular formula is C10H8F2O4S. The van der Waals surface area contributed by atoms with Gasteiger partial charge in [0, 0.05) is 11.3 Å². The van der Waals surface area contributed by atoms with Crippen molar-refractivity contribution < 1.29 is 28.2 Å². The van der Waals surface area contributed by atoms with Gasteiger partial charge in [0.1, 0.15) is 4.88 Å². The second-order valence-corrected chi connectivity index (χ2v) is 4.83. The van der Waals surface area contributed by atoms with Crippen LogP contribution in [0.2, 0.25) is 0 Å². The molecule has 0 radical (unpaired) electrons. The predicted octanol–water partition coefficient (Wildman–Crippen LogP) is 1.90. The van der Waals surface area contributed by atoms with Crippen molar-refractivity contribution in [2.24, 2.45) is 0 Å². The number of aliphatic carboxylic acids is 1. The minimum Gasteiger partial charge on any atom is -0.480 e. The van der Waals surface area contributed by atoms with E-state index in [4.69, 9.17) is 5.11 Å². The topological polar surface area (TPSA) is 63.6 Å². The molecule has 1 aromatic heterocycles. The quantitative estimate of drug-likeness (QED) is 0.845. The normalized spacial score (nSPS) is 25.4. The summed E-state index contributed by atoms with van der Waals surface area (Å²) in [7, 11) is 1.17. The van der Waals surface area contributed by atoms with Crippen LogP contribution >= 0.6 is 11.3 Å². The highest BCUT2D eigenvalue weighted by Crippen LogP contribution is 2.62. The third-order valence-corrected chi connectivity index (χ3v) is 3.99. The van der Waals surface area contributed by atoms with Gasteiger partial charge in [-0.15, -0.1) is 11.3 Å². The van der Waals surface area contributed by atoms with Crippen LogP contribution < -0.4 is 0 Å². The van der Waals surface area contributed by atoms with Crippen LogP contribution in [-0.4, -0.2) is 30.1 Å². The van der Waals surface area contributed by atoms with Crippen molar-refractivity contribution in [1.82, 2.24) is 0 Å². The number of hydrogen-bond acceptors (Lipinski definition) is 4. The third kappa shape index (κ3) is 1.53. The van der Waals surface area contributed by atoms with E-state index in [-0.39, 0.29) is 9.75 Å². The summed E-state index contributed by atoms with van der Waals surface area (Å²) in [4.78, 5) is 22.2. The maximum absolute atomic E-state index is 13.2. The Kier molecular flexibility index (Phi) is 2.46. The number of hydrogen-bond donors (Lipinski definition) is 1. The highest BCUT2D eigenvalue weighted by Gasteiger charge is 2.78. The van der Waals surface area contributed by atoms with E-state index < -0.39 is 29.7 Å². The van der Waals surface area contributed by atoms with Gasteiger partial charge in [0.2, 0.25) is 0 Å². The van der Waals surface area contributed by atoms with Gasteiger partial charge >= 0.3 is 11.9 Å². The van der Waals surface area contributed by atoms with Crippen LogP contribution in [-0.2, 0) is 14.9 Å². The molecule has 1 N–H and O–H groups in total. The Morgan fingerprint density at radius 2 is 2.06 bits per heavy atom. The summed E-state index contributed by atoms with van der Waals surface area (Å²) >= 11 is 0.730. The Bertz CT molecular complexity index is 496. The lowest BCUT2D eigenvalue weighted by atomic mass is 10.1. The molecule has 0 bridgehead atoms. The molecule has 1 atom stereocenters. The van der Waals surface area contributed by atoms with E-state index in [1.807, 2.05) is 0 Å². The van der Waals surface area contributed by atoms with Crippen LogP contribution in [0.15, 0.2) is 12.1 Å². The van der Waals surface area contributed by atoms with E-state index >= 15 is 0 Å². The summed E-state index contributed by atoms with van der Waals surface area (Å²) < 4.78 is 30.8. The summed E-state index contributed by atoms with van der Waals surface area (Å²) in [6, 6.07) is 2.54. The average Bonchev–Trinajstić information content (AvgIpc) is 2.66. The summed E-state index contributed by atoms with van der Waals surface area (Å²) in [6.07, 6.45) is -0.726. The van der Waals surface area contributed by atoms with Crippen molar-refractivity contribution in [3.8, 4) is 0 Å². The lowest BCUT2D eigenvalue weighted by Crippen LogP contribution is -2.25. The van der Waals surface area contributed by atoms with Crippen LogP contribution in [0.1, 0.15) is 21.0 Å². The molecule has 4 nitrogen and oxygen atoms in total. The molecule has 1 saturated carbocycles. The minimum atomic E-state index is -3.25. The van der Waals surface area contributed by atoms with Crippen LogP contribution in [0.5, 0.6) is 0 Å². The van der Waals surface area contributed by atoms with Gasteiger partial charge in [-0.25, -0.2) is 13.6 Å². The van der Waals surface area contributed by atoms with E-state index in [9.17, 15) is 18.4 Å². The molecule has 1 fully saturated rings. The highest BCUT2D eigenvalue weighted by molar-refractivity contribution is 7.14. The molecule has 1 aromatic rings. The first-order chi connectivity index (χ1) is 7.85. The van der Waals surface area contributed by atoms with Crippen LogP contribution in [0.25, 0.3) is 0 Å². The SMILES string of the molecule is COC(=O)c1ccc(C2(C(=O)O)CC2(F)F)s1. The monoisotopic (exact) mass is 262 g/mol. The van der Waals surface area contributed by atoms with Gasteiger partial charge in [0.25, 0.3) is 5.92 Å². The number of thiophene rings is 1. The molecule has 1 aliphatic rings. The van der Waals surface area contributed by atoms with E-state index in [0.717, 1.165) is 11.3 Å². The summed E-state index contributed by atoms with van der Waals surface area (Å²) in [5.74, 6) is -5.48. The first-order valence-corrected chi connectivity index (χ1v) is 5.46. The number of carbonyl (C=O) groups is 2. The van der Waals surface area contributed by atoms with Crippen molar-refractivity contribution in [1.29, 1.82) is 0 Å². The van der Waals surface area contributed by atoms with Gasteiger partial charge in [0.15, 0.2) is 5.41 Å². The highest BCUT2D eigenvalue weighted by atomic mass is 32.1. The average molecular weight is 262 g/mol. The van der Waals surface area contributed by atoms with Crippen molar-refractivity contribution in [3.63, 3.8) is 0 Å². The number of esters is 1. The second kappa shape index (κ2) is 3.49. The van der Waals surface area contributed by atoms with Crippen molar-refractivity contribution in [3.05, 3.63) is 21.9 Å².